The van der Waals surface area contributed by atoms with Gasteiger partial charge in [-0.2, -0.15) is 4.98 Å². The molecule has 0 saturated carbocycles. The number of carbonyl (C=O) groups excluding carboxylic acids is 1. The lowest BCUT2D eigenvalue weighted by molar-refractivity contribution is 0.00626. The van der Waals surface area contributed by atoms with E-state index >= 15 is 0 Å². The van der Waals surface area contributed by atoms with Crippen LogP contribution < -0.4 is 4.74 Å². The van der Waals surface area contributed by atoms with E-state index in [4.69, 9.17) is 37.7 Å². The molecule has 0 spiro atoms. The fraction of sp³-hybridized carbons (Fsp3) is 0.417. The lowest BCUT2D eigenvalue weighted by atomic mass is 10.1. The van der Waals surface area contributed by atoms with E-state index in [2.05, 4.69) is 0 Å². The molecule has 1 saturated heterocycles. The molecular formula is C24H27Cl2N3O3. The maximum Gasteiger partial charge on any atom is 0.410 e. The number of rotatable bonds is 4. The van der Waals surface area contributed by atoms with Crippen LogP contribution in [0.15, 0.2) is 42.5 Å². The van der Waals surface area contributed by atoms with Gasteiger partial charge in [0.1, 0.15) is 11.7 Å². The Balaban J connectivity index is 1.58. The first-order valence-electron chi connectivity index (χ1n) is 10.7. The third-order valence-corrected chi connectivity index (χ3v) is 5.86. The number of fused-ring (bicyclic) bond motifs is 1. The quantitative estimate of drug-likeness (QED) is 0.452. The number of carbonyl (C=O) groups is 1. The van der Waals surface area contributed by atoms with Crippen molar-refractivity contribution < 1.29 is 14.3 Å². The van der Waals surface area contributed by atoms with Crippen molar-refractivity contribution in [2.45, 2.75) is 51.9 Å². The van der Waals surface area contributed by atoms with Crippen molar-refractivity contribution in [1.29, 1.82) is 0 Å². The fourth-order valence-corrected chi connectivity index (χ4v) is 4.18. The van der Waals surface area contributed by atoms with E-state index in [1.807, 2.05) is 55.7 Å². The smallest absolute Gasteiger partial charge is 0.410 e. The molecule has 6 nitrogen and oxygen atoms in total. The number of hydrogen-bond acceptors (Lipinski definition) is 4. The Morgan fingerprint density at radius 3 is 2.75 bits per heavy atom. The SMILES string of the molecule is CC(C)(C)OC(=O)N1CCC[C@@H](Oc2nc3ccccc3n2Cc2cc(Cl)ccc2Cl)C1. The van der Waals surface area contributed by atoms with Gasteiger partial charge in [-0.3, -0.25) is 4.57 Å². The van der Waals surface area contributed by atoms with Crippen LogP contribution in [0.4, 0.5) is 4.79 Å². The zero-order valence-corrected chi connectivity index (χ0v) is 20.0. The third kappa shape index (κ3) is 5.30. The van der Waals surface area contributed by atoms with Gasteiger partial charge in [-0.15, -0.1) is 0 Å². The molecule has 170 valence electrons. The molecule has 2 aromatic carbocycles. The van der Waals surface area contributed by atoms with Crippen LogP contribution >= 0.6 is 23.2 Å². The minimum atomic E-state index is -0.533. The zero-order valence-electron chi connectivity index (χ0n) is 18.5. The van der Waals surface area contributed by atoms with Crippen LogP contribution in [0.5, 0.6) is 6.01 Å². The van der Waals surface area contributed by atoms with Crippen molar-refractivity contribution in [2.24, 2.45) is 0 Å². The molecule has 1 aliphatic rings. The minimum Gasteiger partial charge on any atom is -0.459 e. The molecule has 0 N–H and O–H groups in total. The largest absolute Gasteiger partial charge is 0.459 e. The van der Waals surface area contributed by atoms with Crippen molar-refractivity contribution in [3.05, 3.63) is 58.1 Å². The zero-order chi connectivity index (χ0) is 22.9. The van der Waals surface area contributed by atoms with Gasteiger partial charge in [0.05, 0.1) is 24.1 Å². The summed E-state index contributed by atoms with van der Waals surface area (Å²) in [6.45, 7) is 7.18. The molecule has 0 bridgehead atoms. The van der Waals surface area contributed by atoms with E-state index in [1.165, 1.54) is 0 Å². The fourth-order valence-electron chi connectivity index (χ4n) is 3.81. The number of benzene rings is 2. The van der Waals surface area contributed by atoms with Crippen LogP contribution in [-0.2, 0) is 11.3 Å². The summed E-state index contributed by atoms with van der Waals surface area (Å²) >= 11 is 12.6. The number of imidazole rings is 1. The molecule has 1 amide bonds. The van der Waals surface area contributed by atoms with Crippen molar-refractivity contribution in [1.82, 2.24) is 14.5 Å². The van der Waals surface area contributed by atoms with Crippen molar-refractivity contribution in [3.8, 4) is 6.01 Å². The highest BCUT2D eigenvalue weighted by atomic mass is 35.5. The average Bonchev–Trinajstić information content (AvgIpc) is 3.07. The molecule has 32 heavy (non-hydrogen) atoms. The molecule has 8 heteroatoms. The van der Waals surface area contributed by atoms with Gasteiger partial charge in [-0.25, -0.2) is 4.79 Å². The molecular weight excluding hydrogens is 449 g/mol. The topological polar surface area (TPSA) is 56.6 Å². The second-order valence-corrected chi connectivity index (χ2v) is 9.86. The summed E-state index contributed by atoms with van der Waals surface area (Å²) in [7, 11) is 0. The van der Waals surface area contributed by atoms with Crippen LogP contribution in [0.1, 0.15) is 39.2 Å². The molecule has 2 heterocycles. The highest BCUT2D eigenvalue weighted by molar-refractivity contribution is 6.33. The van der Waals surface area contributed by atoms with Crippen LogP contribution in [0.2, 0.25) is 10.0 Å². The van der Waals surface area contributed by atoms with Crippen molar-refractivity contribution >= 4 is 40.3 Å². The maximum absolute atomic E-state index is 12.5. The van der Waals surface area contributed by atoms with E-state index in [-0.39, 0.29) is 12.2 Å². The summed E-state index contributed by atoms with van der Waals surface area (Å²) in [5.41, 5.74) is 2.12. The highest BCUT2D eigenvalue weighted by Gasteiger charge is 2.29. The molecule has 4 rings (SSSR count). The molecule has 0 aliphatic carbocycles. The van der Waals surface area contributed by atoms with Crippen LogP contribution in [0.3, 0.4) is 0 Å². The summed E-state index contributed by atoms with van der Waals surface area (Å²) in [6.07, 6.45) is 1.18. The predicted octanol–water partition coefficient (Wildman–Crippen LogP) is 6.17. The van der Waals surface area contributed by atoms with Gasteiger partial charge in [0.2, 0.25) is 0 Å². The molecule has 1 fully saturated rings. The number of halogens is 2. The summed E-state index contributed by atoms with van der Waals surface area (Å²) in [6, 6.07) is 13.8. The molecule has 3 aromatic rings. The minimum absolute atomic E-state index is 0.179. The molecule has 0 unspecified atom stereocenters. The first-order valence-corrected chi connectivity index (χ1v) is 11.5. The first-order chi connectivity index (χ1) is 15.2. The van der Waals surface area contributed by atoms with Crippen LogP contribution in [0, 0.1) is 0 Å². The number of ether oxygens (including phenoxy) is 2. The van der Waals surface area contributed by atoms with Crippen LogP contribution in [0.25, 0.3) is 11.0 Å². The number of aromatic nitrogens is 2. The lowest BCUT2D eigenvalue weighted by Crippen LogP contribution is -2.46. The van der Waals surface area contributed by atoms with E-state index < -0.39 is 5.60 Å². The van der Waals surface area contributed by atoms with E-state index in [1.54, 1.807) is 17.0 Å². The summed E-state index contributed by atoms with van der Waals surface area (Å²) in [4.78, 5) is 19.0. The van der Waals surface area contributed by atoms with Crippen molar-refractivity contribution in [3.63, 3.8) is 0 Å². The van der Waals surface area contributed by atoms with E-state index in [9.17, 15) is 4.79 Å². The standard InChI is InChI=1S/C24H27Cl2N3O3/c1-24(2,3)32-23(30)28-12-6-7-18(15-28)31-22-27-20-8-4-5-9-21(20)29(22)14-16-13-17(25)10-11-19(16)26/h4-5,8-11,13,18H,6-7,12,14-15H2,1-3H3/t18-/m1/s1. The number of amides is 1. The Morgan fingerprint density at radius 1 is 1.19 bits per heavy atom. The molecule has 0 radical (unpaired) electrons. The normalized spacial score (nSPS) is 16.9. The highest BCUT2D eigenvalue weighted by Crippen LogP contribution is 2.28. The van der Waals surface area contributed by atoms with Gasteiger partial charge in [0.25, 0.3) is 6.01 Å². The Hall–Kier alpha value is -2.44. The van der Waals surface area contributed by atoms with Gasteiger partial charge < -0.3 is 14.4 Å². The number of nitrogens with zero attached hydrogens (tertiary/aromatic N) is 3. The number of piperidine rings is 1. The lowest BCUT2D eigenvalue weighted by Gasteiger charge is -2.34. The molecule has 1 atom stereocenters. The van der Waals surface area contributed by atoms with Gasteiger partial charge in [0.15, 0.2) is 0 Å². The third-order valence-electron chi connectivity index (χ3n) is 5.26. The molecule has 1 aliphatic heterocycles. The Kier molecular flexibility index (Phi) is 6.54. The summed E-state index contributed by atoms with van der Waals surface area (Å²) < 4.78 is 13.9. The van der Waals surface area contributed by atoms with Crippen molar-refractivity contribution in [2.75, 3.05) is 13.1 Å². The second kappa shape index (κ2) is 9.20. The number of hydrogen-bond donors (Lipinski definition) is 0. The summed E-state index contributed by atoms with van der Waals surface area (Å²) in [5, 5.41) is 1.25. The van der Waals surface area contributed by atoms with E-state index in [0.29, 0.717) is 35.7 Å². The summed E-state index contributed by atoms with van der Waals surface area (Å²) in [5.74, 6) is 0. The van der Waals surface area contributed by atoms with Crippen LogP contribution in [-0.4, -0.2) is 45.3 Å². The Morgan fingerprint density at radius 2 is 1.97 bits per heavy atom. The van der Waals surface area contributed by atoms with Gasteiger partial charge in [-0.05, 0) is 69.5 Å². The second-order valence-electron chi connectivity index (χ2n) is 9.01. The number of likely N-dealkylation sites (tertiary alicyclic amines) is 1. The molecule has 1 aromatic heterocycles. The average molecular weight is 476 g/mol. The maximum atomic E-state index is 12.5. The monoisotopic (exact) mass is 475 g/mol. The first kappa shape index (κ1) is 22.7. The van der Waals surface area contributed by atoms with Gasteiger partial charge >= 0.3 is 6.09 Å². The van der Waals surface area contributed by atoms with Gasteiger partial charge in [0, 0.05) is 16.6 Å². The number of para-hydroxylation sites is 2. The van der Waals surface area contributed by atoms with Gasteiger partial charge in [-0.1, -0.05) is 35.3 Å². The predicted molar refractivity (Wildman–Crippen MR) is 127 cm³/mol. The Labute approximate surface area is 198 Å². The Bertz CT molecular complexity index is 1120. The van der Waals surface area contributed by atoms with E-state index in [0.717, 1.165) is 29.4 Å².